The second kappa shape index (κ2) is 6.27. The SMILES string of the molecule is COCc1nc(Cl)cc(N2CCC[C@H]3CCCC[C@H]32)n1. The van der Waals surface area contributed by atoms with Gasteiger partial charge in [-0.15, -0.1) is 0 Å². The summed E-state index contributed by atoms with van der Waals surface area (Å²) in [5.41, 5.74) is 0. The summed E-state index contributed by atoms with van der Waals surface area (Å²) in [7, 11) is 1.65. The number of piperidine rings is 1. The molecule has 2 fully saturated rings. The van der Waals surface area contributed by atoms with E-state index in [4.69, 9.17) is 16.3 Å². The van der Waals surface area contributed by atoms with Crippen molar-refractivity contribution in [1.82, 2.24) is 9.97 Å². The summed E-state index contributed by atoms with van der Waals surface area (Å²) in [6, 6.07) is 2.54. The lowest BCUT2D eigenvalue weighted by Gasteiger charge is -2.44. The molecular formula is C15H22ClN3O. The number of aromatic nitrogens is 2. The number of fused-ring (bicyclic) bond motifs is 1. The molecule has 2 aliphatic rings. The number of methoxy groups -OCH3 is 1. The molecule has 2 heterocycles. The highest BCUT2D eigenvalue weighted by molar-refractivity contribution is 6.29. The number of halogens is 1. The van der Waals surface area contributed by atoms with Crippen molar-refractivity contribution in [3.63, 3.8) is 0 Å². The predicted octanol–water partition coefficient (Wildman–Crippen LogP) is 3.44. The maximum Gasteiger partial charge on any atom is 0.158 e. The Hall–Kier alpha value is -0.870. The van der Waals surface area contributed by atoms with E-state index in [1.165, 1.54) is 38.5 Å². The molecule has 0 bridgehead atoms. The molecule has 0 amide bonds. The first-order valence-electron chi connectivity index (χ1n) is 7.57. The first-order valence-corrected chi connectivity index (χ1v) is 7.95. The van der Waals surface area contributed by atoms with Crippen LogP contribution < -0.4 is 4.90 Å². The standard InChI is InChI=1S/C15H22ClN3O/c1-20-10-14-17-13(16)9-15(18-14)19-8-4-6-11-5-2-3-7-12(11)19/h9,11-12H,2-8,10H2,1H3/t11-,12-/m1/s1. The third kappa shape index (κ3) is 2.91. The Morgan fingerprint density at radius 3 is 2.90 bits per heavy atom. The normalized spacial score (nSPS) is 26.4. The number of rotatable bonds is 3. The van der Waals surface area contributed by atoms with Gasteiger partial charge in [0.2, 0.25) is 0 Å². The van der Waals surface area contributed by atoms with Crippen LogP contribution in [0.2, 0.25) is 5.15 Å². The molecular weight excluding hydrogens is 274 g/mol. The van der Waals surface area contributed by atoms with Gasteiger partial charge in [-0.2, -0.15) is 0 Å². The largest absolute Gasteiger partial charge is 0.377 e. The monoisotopic (exact) mass is 295 g/mol. The molecule has 3 rings (SSSR count). The van der Waals surface area contributed by atoms with Crippen LogP contribution in [0.25, 0.3) is 0 Å². The fourth-order valence-electron chi connectivity index (χ4n) is 3.70. The van der Waals surface area contributed by atoms with Crippen molar-refractivity contribution < 1.29 is 4.74 Å². The Bertz CT molecular complexity index is 466. The molecule has 1 saturated carbocycles. The Labute approximate surface area is 125 Å². The van der Waals surface area contributed by atoms with E-state index in [1.807, 2.05) is 6.07 Å². The maximum atomic E-state index is 6.15. The van der Waals surface area contributed by atoms with Crippen LogP contribution in [0.4, 0.5) is 5.82 Å². The van der Waals surface area contributed by atoms with Gasteiger partial charge in [-0.05, 0) is 31.6 Å². The molecule has 1 aromatic heterocycles. The second-order valence-corrected chi connectivity index (χ2v) is 6.23. The van der Waals surface area contributed by atoms with Gasteiger partial charge in [0.1, 0.15) is 17.6 Å². The van der Waals surface area contributed by atoms with Crippen molar-refractivity contribution in [2.24, 2.45) is 5.92 Å². The lowest BCUT2D eigenvalue weighted by Crippen LogP contribution is -2.47. The van der Waals surface area contributed by atoms with Crippen LogP contribution in [0.15, 0.2) is 6.07 Å². The fraction of sp³-hybridized carbons (Fsp3) is 0.733. The molecule has 0 spiro atoms. The van der Waals surface area contributed by atoms with Crippen LogP contribution in [0.5, 0.6) is 0 Å². The van der Waals surface area contributed by atoms with Crippen LogP contribution >= 0.6 is 11.6 Å². The zero-order valence-electron chi connectivity index (χ0n) is 12.0. The molecule has 0 aromatic carbocycles. The number of nitrogens with zero attached hydrogens (tertiary/aromatic N) is 3. The zero-order valence-corrected chi connectivity index (χ0v) is 12.8. The van der Waals surface area contributed by atoms with E-state index in [2.05, 4.69) is 14.9 Å². The van der Waals surface area contributed by atoms with Crippen molar-refractivity contribution in [2.75, 3.05) is 18.6 Å². The van der Waals surface area contributed by atoms with Gasteiger partial charge in [-0.25, -0.2) is 9.97 Å². The molecule has 4 nitrogen and oxygen atoms in total. The molecule has 2 atom stereocenters. The lowest BCUT2D eigenvalue weighted by molar-refractivity contribution is 0.177. The highest BCUT2D eigenvalue weighted by Crippen LogP contribution is 2.37. The molecule has 1 aromatic rings. The Kier molecular flexibility index (Phi) is 4.41. The van der Waals surface area contributed by atoms with Gasteiger partial charge in [0, 0.05) is 25.8 Å². The van der Waals surface area contributed by atoms with E-state index >= 15 is 0 Å². The van der Waals surface area contributed by atoms with Gasteiger partial charge in [0.25, 0.3) is 0 Å². The summed E-state index contributed by atoms with van der Waals surface area (Å²) < 4.78 is 5.13. The van der Waals surface area contributed by atoms with Crippen LogP contribution in [0, 0.1) is 5.92 Å². The Morgan fingerprint density at radius 2 is 2.05 bits per heavy atom. The predicted molar refractivity (Wildman–Crippen MR) is 80.1 cm³/mol. The van der Waals surface area contributed by atoms with Gasteiger partial charge in [0.15, 0.2) is 5.82 Å². The molecule has 1 saturated heterocycles. The fourth-order valence-corrected chi connectivity index (χ4v) is 3.90. The minimum atomic E-state index is 0.412. The van der Waals surface area contributed by atoms with Crippen molar-refractivity contribution in [1.29, 1.82) is 0 Å². The van der Waals surface area contributed by atoms with Crippen molar-refractivity contribution in [3.8, 4) is 0 Å². The quantitative estimate of drug-likeness (QED) is 0.801. The number of hydrogen-bond acceptors (Lipinski definition) is 4. The summed E-state index contributed by atoms with van der Waals surface area (Å²) >= 11 is 6.15. The highest BCUT2D eigenvalue weighted by Gasteiger charge is 2.34. The van der Waals surface area contributed by atoms with E-state index in [0.29, 0.717) is 23.6 Å². The second-order valence-electron chi connectivity index (χ2n) is 5.85. The molecule has 110 valence electrons. The van der Waals surface area contributed by atoms with Gasteiger partial charge in [0.05, 0.1) is 0 Å². The van der Waals surface area contributed by atoms with Gasteiger partial charge < -0.3 is 9.64 Å². The van der Waals surface area contributed by atoms with Crippen molar-refractivity contribution in [3.05, 3.63) is 17.0 Å². The number of anilines is 1. The lowest BCUT2D eigenvalue weighted by atomic mass is 9.78. The van der Waals surface area contributed by atoms with Gasteiger partial charge in [-0.1, -0.05) is 24.4 Å². The molecule has 0 radical (unpaired) electrons. The van der Waals surface area contributed by atoms with Crippen LogP contribution in [-0.2, 0) is 11.3 Å². The minimum absolute atomic E-state index is 0.412. The van der Waals surface area contributed by atoms with Gasteiger partial charge >= 0.3 is 0 Å². The highest BCUT2D eigenvalue weighted by atomic mass is 35.5. The summed E-state index contributed by atoms with van der Waals surface area (Å²) in [6.07, 6.45) is 7.99. The first-order chi connectivity index (χ1) is 9.78. The molecule has 20 heavy (non-hydrogen) atoms. The van der Waals surface area contributed by atoms with Crippen molar-refractivity contribution in [2.45, 2.75) is 51.2 Å². The van der Waals surface area contributed by atoms with Crippen molar-refractivity contribution >= 4 is 17.4 Å². The summed E-state index contributed by atoms with van der Waals surface area (Å²) in [5, 5.41) is 0.514. The minimum Gasteiger partial charge on any atom is -0.377 e. The molecule has 1 aliphatic heterocycles. The van der Waals surface area contributed by atoms with Crippen LogP contribution in [0.1, 0.15) is 44.3 Å². The van der Waals surface area contributed by atoms with Crippen LogP contribution in [-0.4, -0.2) is 29.7 Å². The smallest absolute Gasteiger partial charge is 0.158 e. The summed E-state index contributed by atoms with van der Waals surface area (Å²) in [6.45, 7) is 1.50. The first kappa shape index (κ1) is 14.1. The molecule has 0 unspecified atom stereocenters. The average molecular weight is 296 g/mol. The van der Waals surface area contributed by atoms with E-state index in [9.17, 15) is 0 Å². The van der Waals surface area contributed by atoms with Gasteiger partial charge in [-0.3, -0.25) is 0 Å². The third-order valence-electron chi connectivity index (χ3n) is 4.54. The maximum absolute atomic E-state index is 6.15. The Balaban J connectivity index is 1.86. The number of ether oxygens (including phenoxy) is 1. The summed E-state index contributed by atoms with van der Waals surface area (Å²) in [4.78, 5) is 11.3. The molecule has 1 aliphatic carbocycles. The van der Waals surface area contributed by atoms with E-state index in [-0.39, 0.29) is 0 Å². The average Bonchev–Trinajstić information content (AvgIpc) is 2.46. The zero-order chi connectivity index (χ0) is 13.9. The molecule has 0 N–H and O–H groups in total. The summed E-state index contributed by atoms with van der Waals surface area (Å²) in [5.74, 6) is 2.48. The van der Waals surface area contributed by atoms with Crippen LogP contribution in [0.3, 0.4) is 0 Å². The van der Waals surface area contributed by atoms with E-state index in [1.54, 1.807) is 7.11 Å². The number of hydrogen-bond donors (Lipinski definition) is 0. The van der Waals surface area contributed by atoms with E-state index in [0.717, 1.165) is 18.3 Å². The third-order valence-corrected chi connectivity index (χ3v) is 4.73. The molecule has 5 heteroatoms. The Morgan fingerprint density at radius 1 is 1.25 bits per heavy atom. The van der Waals surface area contributed by atoms with E-state index < -0.39 is 0 Å². The topological polar surface area (TPSA) is 38.2 Å².